The first kappa shape index (κ1) is 21.4. The van der Waals surface area contributed by atoms with Crippen molar-refractivity contribution in [1.82, 2.24) is 9.80 Å². The van der Waals surface area contributed by atoms with Crippen molar-refractivity contribution in [2.24, 2.45) is 0 Å². The standard InChI is InChI=1S/C22H25ClN4O4/c23-17-2-6-19(7-3-17)31-14-13-25-9-11-26(12-10-25)22(28)16-1-8-20(24-18-4-5-18)21(15-16)27(29)30/h1-3,6-8,15,18,24H,4-5,9-14H2. The molecule has 1 aliphatic carbocycles. The lowest BCUT2D eigenvalue weighted by Crippen LogP contribution is -2.49. The summed E-state index contributed by atoms with van der Waals surface area (Å²) in [5.41, 5.74) is 0.790. The Balaban J connectivity index is 1.28. The number of anilines is 1. The Labute approximate surface area is 185 Å². The van der Waals surface area contributed by atoms with Gasteiger partial charge in [0.1, 0.15) is 18.0 Å². The number of ether oxygens (including phenoxy) is 1. The molecule has 0 radical (unpaired) electrons. The molecule has 31 heavy (non-hydrogen) atoms. The van der Waals surface area contributed by atoms with Crippen LogP contribution in [0.1, 0.15) is 23.2 Å². The summed E-state index contributed by atoms with van der Waals surface area (Å²) < 4.78 is 5.74. The van der Waals surface area contributed by atoms with Gasteiger partial charge >= 0.3 is 0 Å². The topological polar surface area (TPSA) is 87.9 Å². The molecule has 2 fully saturated rings. The Morgan fingerprint density at radius 2 is 1.84 bits per heavy atom. The minimum Gasteiger partial charge on any atom is -0.492 e. The number of piperazine rings is 1. The summed E-state index contributed by atoms with van der Waals surface area (Å²) in [5.74, 6) is 0.609. The monoisotopic (exact) mass is 444 g/mol. The zero-order chi connectivity index (χ0) is 21.8. The first-order valence-corrected chi connectivity index (χ1v) is 10.8. The SMILES string of the molecule is O=C(c1ccc(NC2CC2)c([N+](=O)[O-])c1)N1CCN(CCOc2ccc(Cl)cc2)CC1. The van der Waals surface area contributed by atoms with Crippen LogP contribution in [0.4, 0.5) is 11.4 Å². The molecule has 1 heterocycles. The Morgan fingerprint density at radius 1 is 1.13 bits per heavy atom. The minimum atomic E-state index is -0.430. The summed E-state index contributed by atoms with van der Waals surface area (Å²) in [6, 6.07) is 12.3. The number of benzene rings is 2. The molecule has 1 aliphatic heterocycles. The maximum absolute atomic E-state index is 12.9. The summed E-state index contributed by atoms with van der Waals surface area (Å²) in [5, 5.41) is 15.3. The minimum absolute atomic E-state index is 0.0456. The third-order valence-electron chi connectivity index (χ3n) is 5.53. The van der Waals surface area contributed by atoms with Gasteiger partial charge < -0.3 is 15.0 Å². The fourth-order valence-corrected chi connectivity index (χ4v) is 3.69. The highest BCUT2D eigenvalue weighted by Crippen LogP contribution is 2.32. The number of nitro benzene ring substituents is 1. The van der Waals surface area contributed by atoms with Crippen LogP contribution in [0.15, 0.2) is 42.5 Å². The van der Waals surface area contributed by atoms with Gasteiger partial charge in [0.2, 0.25) is 0 Å². The van der Waals surface area contributed by atoms with Gasteiger partial charge in [0, 0.05) is 55.4 Å². The number of carbonyl (C=O) groups is 1. The summed E-state index contributed by atoms with van der Waals surface area (Å²) >= 11 is 5.87. The van der Waals surface area contributed by atoms with Crippen LogP contribution >= 0.6 is 11.6 Å². The van der Waals surface area contributed by atoms with E-state index in [1.807, 2.05) is 12.1 Å². The summed E-state index contributed by atoms with van der Waals surface area (Å²) in [4.78, 5) is 27.9. The lowest BCUT2D eigenvalue weighted by Gasteiger charge is -2.34. The van der Waals surface area contributed by atoms with Gasteiger partial charge in [-0.15, -0.1) is 0 Å². The normalized spacial score (nSPS) is 16.7. The first-order chi connectivity index (χ1) is 15.0. The molecule has 2 aromatic carbocycles. The highest BCUT2D eigenvalue weighted by Gasteiger charge is 2.27. The summed E-state index contributed by atoms with van der Waals surface area (Å²) in [6.07, 6.45) is 2.04. The molecular formula is C22H25ClN4O4. The van der Waals surface area contributed by atoms with Crippen LogP contribution in [-0.2, 0) is 0 Å². The van der Waals surface area contributed by atoms with Gasteiger partial charge in [0.15, 0.2) is 0 Å². The zero-order valence-corrected chi connectivity index (χ0v) is 17.9. The third-order valence-corrected chi connectivity index (χ3v) is 5.78. The zero-order valence-electron chi connectivity index (χ0n) is 17.1. The predicted molar refractivity (Wildman–Crippen MR) is 119 cm³/mol. The van der Waals surface area contributed by atoms with E-state index in [9.17, 15) is 14.9 Å². The summed E-state index contributed by atoms with van der Waals surface area (Å²) in [7, 11) is 0. The van der Waals surface area contributed by atoms with E-state index in [0.29, 0.717) is 42.0 Å². The second-order valence-corrected chi connectivity index (χ2v) is 8.28. The number of hydrogen-bond donors (Lipinski definition) is 1. The number of rotatable bonds is 8. The van der Waals surface area contributed by atoms with Crippen molar-refractivity contribution in [3.05, 3.63) is 63.2 Å². The van der Waals surface area contributed by atoms with E-state index in [1.165, 1.54) is 6.07 Å². The van der Waals surface area contributed by atoms with E-state index in [0.717, 1.165) is 38.2 Å². The second kappa shape index (κ2) is 9.53. The maximum atomic E-state index is 12.9. The second-order valence-electron chi connectivity index (χ2n) is 7.84. The average molecular weight is 445 g/mol. The predicted octanol–water partition coefficient (Wildman–Crippen LogP) is 3.66. The maximum Gasteiger partial charge on any atom is 0.293 e. The fraction of sp³-hybridized carbons (Fsp3) is 0.409. The summed E-state index contributed by atoms with van der Waals surface area (Å²) in [6.45, 7) is 3.94. The fourth-order valence-electron chi connectivity index (χ4n) is 3.57. The van der Waals surface area contributed by atoms with Gasteiger partial charge in [0.05, 0.1) is 4.92 Å². The highest BCUT2D eigenvalue weighted by atomic mass is 35.5. The van der Waals surface area contributed by atoms with E-state index in [2.05, 4.69) is 10.2 Å². The molecule has 0 aromatic heterocycles. The Kier molecular flexibility index (Phi) is 6.58. The Hall–Kier alpha value is -2.84. The van der Waals surface area contributed by atoms with Crippen molar-refractivity contribution < 1.29 is 14.5 Å². The van der Waals surface area contributed by atoms with Crippen molar-refractivity contribution in [2.75, 3.05) is 44.6 Å². The number of halogens is 1. The molecule has 2 aromatic rings. The van der Waals surface area contributed by atoms with Gasteiger partial charge in [-0.05, 0) is 49.2 Å². The molecule has 0 bridgehead atoms. The Morgan fingerprint density at radius 3 is 2.48 bits per heavy atom. The van der Waals surface area contributed by atoms with Crippen LogP contribution < -0.4 is 10.1 Å². The molecular weight excluding hydrogens is 420 g/mol. The lowest BCUT2D eigenvalue weighted by atomic mass is 10.1. The van der Waals surface area contributed by atoms with Crippen molar-refractivity contribution in [3.63, 3.8) is 0 Å². The van der Waals surface area contributed by atoms with E-state index < -0.39 is 4.92 Å². The van der Waals surface area contributed by atoms with Crippen LogP contribution in [0.25, 0.3) is 0 Å². The van der Waals surface area contributed by atoms with Crippen molar-refractivity contribution in [1.29, 1.82) is 0 Å². The molecule has 1 amide bonds. The molecule has 1 N–H and O–H groups in total. The van der Waals surface area contributed by atoms with Gasteiger partial charge in [-0.3, -0.25) is 19.8 Å². The molecule has 1 saturated carbocycles. The first-order valence-electron chi connectivity index (χ1n) is 10.4. The quantitative estimate of drug-likeness (QED) is 0.493. The molecule has 0 spiro atoms. The van der Waals surface area contributed by atoms with Crippen LogP contribution in [0.5, 0.6) is 5.75 Å². The lowest BCUT2D eigenvalue weighted by molar-refractivity contribution is -0.384. The van der Waals surface area contributed by atoms with E-state index >= 15 is 0 Å². The number of carbonyl (C=O) groups excluding carboxylic acids is 1. The van der Waals surface area contributed by atoms with Crippen LogP contribution in [-0.4, -0.2) is 66.0 Å². The number of nitro groups is 1. The molecule has 9 heteroatoms. The molecule has 4 rings (SSSR count). The van der Waals surface area contributed by atoms with Crippen molar-refractivity contribution >= 4 is 28.9 Å². The smallest absolute Gasteiger partial charge is 0.293 e. The van der Waals surface area contributed by atoms with Gasteiger partial charge in [-0.2, -0.15) is 0 Å². The van der Waals surface area contributed by atoms with Crippen molar-refractivity contribution in [3.8, 4) is 5.75 Å². The largest absolute Gasteiger partial charge is 0.492 e. The Bertz CT molecular complexity index is 941. The van der Waals surface area contributed by atoms with Crippen LogP contribution in [0, 0.1) is 10.1 Å². The molecule has 164 valence electrons. The number of nitrogens with zero attached hydrogens (tertiary/aromatic N) is 3. The molecule has 2 aliphatic rings. The molecule has 1 saturated heterocycles. The number of hydrogen-bond acceptors (Lipinski definition) is 6. The van der Waals surface area contributed by atoms with Gasteiger partial charge in [-0.1, -0.05) is 11.6 Å². The highest BCUT2D eigenvalue weighted by molar-refractivity contribution is 6.30. The van der Waals surface area contributed by atoms with Gasteiger partial charge in [0.25, 0.3) is 11.6 Å². The van der Waals surface area contributed by atoms with E-state index in [4.69, 9.17) is 16.3 Å². The van der Waals surface area contributed by atoms with Crippen LogP contribution in [0.3, 0.4) is 0 Å². The molecule has 8 nitrogen and oxygen atoms in total. The number of nitrogens with one attached hydrogen (secondary N) is 1. The number of amides is 1. The van der Waals surface area contributed by atoms with E-state index in [1.54, 1.807) is 29.2 Å². The molecule has 0 unspecified atom stereocenters. The van der Waals surface area contributed by atoms with Crippen molar-refractivity contribution in [2.45, 2.75) is 18.9 Å². The average Bonchev–Trinajstić information content (AvgIpc) is 3.59. The van der Waals surface area contributed by atoms with Gasteiger partial charge in [-0.25, -0.2) is 0 Å². The molecule has 0 atom stereocenters. The third kappa shape index (κ3) is 5.65. The van der Waals surface area contributed by atoms with Crippen LogP contribution in [0.2, 0.25) is 5.02 Å². The van der Waals surface area contributed by atoms with E-state index in [-0.39, 0.29) is 11.6 Å².